The number of rotatable bonds is 3. The highest BCUT2D eigenvalue weighted by atomic mass is 35.5. The van der Waals surface area contributed by atoms with Crippen molar-refractivity contribution >= 4 is 17.6 Å². The molecule has 16 heavy (non-hydrogen) atoms. The van der Waals surface area contributed by atoms with Gasteiger partial charge in [-0.3, -0.25) is 0 Å². The number of ether oxygens (including phenoxy) is 2. The topological polar surface area (TPSA) is 55.8 Å². The molecule has 86 valence electrons. The third kappa shape index (κ3) is 2.46. The lowest BCUT2D eigenvalue weighted by Crippen LogP contribution is -2.15. The Morgan fingerprint density at radius 1 is 1.56 bits per heavy atom. The predicted octanol–water partition coefficient (Wildman–Crippen LogP) is 2.21. The molecule has 1 aromatic carbocycles. The summed E-state index contributed by atoms with van der Waals surface area (Å²) < 4.78 is 10.8. The van der Waals surface area contributed by atoms with Gasteiger partial charge in [-0.2, -0.15) is 0 Å². The smallest absolute Gasteiger partial charge is 0.337 e. The Morgan fingerprint density at radius 3 is 2.94 bits per heavy atom. The fourth-order valence-corrected chi connectivity index (χ4v) is 1.79. The number of carboxylic acids is 1. The van der Waals surface area contributed by atoms with Gasteiger partial charge in [0.2, 0.25) is 0 Å². The van der Waals surface area contributed by atoms with Crippen molar-refractivity contribution in [2.45, 2.75) is 12.5 Å². The Balaban J connectivity index is 2.11. The average molecular weight is 243 g/mol. The van der Waals surface area contributed by atoms with Crippen molar-refractivity contribution in [1.82, 2.24) is 0 Å². The number of hydrogen-bond acceptors (Lipinski definition) is 3. The van der Waals surface area contributed by atoms with E-state index in [4.69, 9.17) is 26.2 Å². The molecular formula is C11H11ClO4. The molecule has 1 N–H and O–H groups in total. The van der Waals surface area contributed by atoms with E-state index >= 15 is 0 Å². The van der Waals surface area contributed by atoms with Gasteiger partial charge in [-0.05, 0) is 18.2 Å². The van der Waals surface area contributed by atoms with Crippen LogP contribution in [-0.2, 0) is 4.74 Å². The molecule has 0 aliphatic carbocycles. The number of benzene rings is 1. The first kappa shape index (κ1) is 11.2. The summed E-state index contributed by atoms with van der Waals surface area (Å²) in [6.45, 7) is 1.27. The second-order valence-electron chi connectivity index (χ2n) is 3.55. The van der Waals surface area contributed by atoms with Crippen LogP contribution < -0.4 is 4.74 Å². The largest absolute Gasteiger partial charge is 0.488 e. The number of halogens is 1. The molecule has 0 saturated carbocycles. The maximum atomic E-state index is 10.7. The van der Waals surface area contributed by atoms with Crippen molar-refractivity contribution in [1.29, 1.82) is 0 Å². The molecule has 1 unspecified atom stereocenters. The summed E-state index contributed by atoms with van der Waals surface area (Å²) in [7, 11) is 0. The molecule has 0 bridgehead atoms. The summed E-state index contributed by atoms with van der Waals surface area (Å²) >= 11 is 5.82. The summed E-state index contributed by atoms with van der Waals surface area (Å²) in [5.74, 6) is -0.466. The van der Waals surface area contributed by atoms with E-state index in [1.165, 1.54) is 12.1 Å². The molecule has 1 saturated heterocycles. The average Bonchev–Trinajstić information content (AvgIpc) is 2.70. The Morgan fingerprint density at radius 2 is 2.38 bits per heavy atom. The van der Waals surface area contributed by atoms with Gasteiger partial charge in [0.1, 0.15) is 11.9 Å². The van der Waals surface area contributed by atoms with Crippen LogP contribution in [0, 0.1) is 0 Å². The molecule has 5 heteroatoms. The van der Waals surface area contributed by atoms with Gasteiger partial charge in [-0.1, -0.05) is 11.6 Å². The summed E-state index contributed by atoms with van der Waals surface area (Å²) in [5, 5.41) is 8.98. The molecule has 0 spiro atoms. The fraction of sp³-hybridized carbons (Fsp3) is 0.364. The van der Waals surface area contributed by atoms with Crippen LogP contribution in [0.2, 0.25) is 5.02 Å². The van der Waals surface area contributed by atoms with E-state index in [1.807, 2.05) is 0 Å². The molecule has 4 nitrogen and oxygen atoms in total. The standard InChI is InChI=1S/C11H11ClO4/c12-10-5-7(1-2-9(10)11(13)14)16-8-3-4-15-6-8/h1-2,5,8H,3-4,6H2,(H,13,14). The first-order valence-corrected chi connectivity index (χ1v) is 5.32. The zero-order chi connectivity index (χ0) is 11.5. The SMILES string of the molecule is O=C(O)c1ccc(OC2CCOC2)cc1Cl. The van der Waals surface area contributed by atoms with E-state index in [2.05, 4.69) is 0 Å². The van der Waals surface area contributed by atoms with E-state index in [-0.39, 0.29) is 16.7 Å². The highest BCUT2D eigenvalue weighted by molar-refractivity contribution is 6.33. The van der Waals surface area contributed by atoms with Crippen LogP contribution in [0.1, 0.15) is 16.8 Å². The highest BCUT2D eigenvalue weighted by Crippen LogP contribution is 2.24. The number of aromatic carboxylic acids is 1. The quantitative estimate of drug-likeness (QED) is 0.883. The first-order chi connectivity index (χ1) is 7.66. The molecule has 1 fully saturated rings. The van der Waals surface area contributed by atoms with Crippen molar-refractivity contribution in [3.63, 3.8) is 0 Å². The molecule has 1 aliphatic rings. The maximum Gasteiger partial charge on any atom is 0.337 e. The van der Waals surface area contributed by atoms with E-state index in [1.54, 1.807) is 6.07 Å². The van der Waals surface area contributed by atoms with Crippen molar-refractivity contribution in [3.8, 4) is 5.75 Å². The van der Waals surface area contributed by atoms with E-state index in [0.717, 1.165) is 6.42 Å². The highest BCUT2D eigenvalue weighted by Gasteiger charge is 2.18. The minimum Gasteiger partial charge on any atom is -0.488 e. The van der Waals surface area contributed by atoms with Gasteiger partial charge in [0.25, 0.3) is 0 Å². The van der Waals surface area contributed by atoms with E-state index in [9.17, 15) is 4.79 Å². The molecule has 1 aliphatic heterocycles. The van der Waals surface area contributed by atoms with Crippen LogP contribution in [0.5, 0.6) is 5.75 Å². The van der Waals surface area contributed by atoms with E-state index in [0.29, 0.717) is 19.0 Å². The van der Waals surface area contributed by atoms with Gasteiger partial charge < -0.3 is 14.6 Å². The lowest BCUT2D eigenvalue weighted by molar-refractivity contribution is 0.0697. The fourth-order valence-electron chi connectivity index (χ4n) is 1.54. The van der Waals surface area contributed by atoms with Crippen molar-refractivity contribution in [3.05, 3.63) is 28.8 Å². The lowest BCUT2D eigenvalue weighted by Gasteiger charge is -2.12. The summed E-state index contributed by atoms with van der Waals surface area (Å²) in [6, 6.07) is 4.56. The Hall–Kier alpha value is -1.26. The maximum absolute atomic E-state index is 10.7. The minimum absolute atomic E-state index is 0.0340. The second-order valence-corrected chi connectivity index (χ2v) is 3.96. The third-order valence-corrected chi connectivity index (χ3v) is 2.67. The number of hydrogen-bond donors (Lipinski definition) is 1. The van der Waals surface area contributed by atoms with Gasteiger partial charge in [0, 0.05) is 6.42 Å². The molecule has 1 aromatic rings. The van der Waals surface area contributed by atoms with Crippen molar-refractivity contribution in [2.75, 3.05) is 13.2 Å². The molecular weight excluding hydrogens is 232 g/mol. The van der Waals surface area contributed by atoms with Crippen molar-refractivity contribution < 1.29 is 19.4 Å². The second kappa shape index (κ2) is 4.72. The summed E-state index contributed by atoms with van der Waals surface area (Å²) in [6.07, 6.45) is 0.880. The number of carbonyl (C=O) groups is 1. The molecule has 0 aromatic heterocycles. The van der Waals surface area contributed by atoms with Crippen LogP contribution in [0.3, 0.4) is 0 Å². The van der Waals surface area contributed by atoms with Crippen molar-refractivity contribution in [2.24, 2.45) is 0 Å². The van der Waals surface area contributed by atoms with Crippen LogP contribution in [0.15, 0.2) is 18.2 Å². The van der Waals surface area contributed by atoms with Gasteiger partial charge in [-0.25, -0.2) is 4.79 Å². The molecule has 0 radical (unpaired) electrons. The van der Waals surface area contributed by atoms with Crippen LogP contribution >= 0.6 is 11.6 Å². The first-order valence-electron chi connectivity index (χ1n) is 4.94. The Labute approximate surface area is 97.7 Å². The van der Waals surface area contributed by atoms with Crippen LogP contribution in [-0.4, -0.2) is 30.4 Å². The monoisotopic (exact) mass is 242 g/mol. The van der Waals surface area contributed by atoms with Crippen LogP contribution in [0.25, 0.3) is 0 Å². The summed E-state index contributed by atoms with van der Waals surface area (Å²) in [4.78, 5) is 10.7. The Kier molecular flexibility index (Phi) is 3.31. The van der Waals surface area contributed by atoms with Gasteiger partial charge >= 0.3 is 5.97 Å². The lowest BCUT2D eigenvalue weighted by atomic mass is 10.2. The normalized spacial score (nSPS) is 19.7. The molecule has 1 atom stereocenters. The minimum atomic E-state index is -1.04. The van der Waals surface area contributed by atoms with Crippen LogP contribution in [0.4, 0.5) is 0 Å². The zero-order valence-corrected chi connectivity index (χ0v) is 9.24. The van der Waals surface area contributed by atoms with Gasteiger partial charge in [-0.15, -0.1) is 0 Å². The molecule has 0 amide bonds. The van der Waals surface area contributed by atoms with Gasteiger partial charge in [0.05, 0.1) is 23.8 Å². The third-order valence-electron chi connectivity index (χ3n) is 2.36. The summed E-state index contributed by atoms with van der Waals surface area (Å²) in [5.41, 5.74) is 0.0803. The Bertz CT molecular complexity index is 399. The molecule has 2 rings (SSSR count). The number of carboxylic acid groups (broad SMARTS) is 1. The van der Waals surface area contributed by atoms with E-state index < -0.39 is 5.97 Å². The zero-order valence-electron chi connectivity index (χ0n) is 8.48. The molecule has 1 heterocycles. The van der Waals surface area contributed by atoms with Gasteiger partial charge in [0.15, 0.2) is 0 Å². The predicted molar refractivity (Wildman–Crippen MR) is 58.3 cm³/mol.